The van der Waals surface area contributed by atoms with E-state index in [9.17, 15) is 0 Å². The number of nitrogens with zero attached hydrogens (tertiary/aromatic N) is 3. The molecule has 0 amide bonds. The van der Waals surface area contributed by atoms with E-state index in [2.05, 4.69) is 46.2 Å². The largest absolute Gasteiger partial charge is 0.378 e. The average molecular weight is 343 g/mol. The van der Waals surface area contributed by atoms with Crippen LogP contribution in [0.1, 0.15) is 11.1 Å². The summed E-state index contributed by atoms with van der Waals surface area (Å²) in [4.78, 5) is 4.36. The van der Waals surface area contributed by atoms with Crippen LogP contribution in [0.3, 0.4) is 0 Å². The summed E-state index contributed by atoms with van der Waals surface area (Å²) >= 11 is 5.83. The highest BCUT2D eigenvalue weighted by Gasteiger charge is 2.37. The van der Waals surface area contributed by atoms with Gasteiger partial charge in [0.25, 0.3) is 0 Å². The van der Waals surface area contributed by atoms with Crippen molar-refractivity contribution in [3.63, 3.8) is 0 Å². The molecular weight excluding hydrogens is 325 g/mol. The van der Waals surface area contributed by atoms with E-state index in [1.54, 1.807) is 7.11 Å². The van der Waals surface area contributed by atoms with Gasteiger partial charge in [-0.2, -0.15) is 0 Å². The third kappa shape index (κ3) is 2.15. The molecule has 6 heteroatoms. The molecule has 0 aromatic heterocycles. The Kier molecular flexibility index (Phi) is 3.34. The molecule has 0 fully saturated rings. The van der Waals surface area contributed by atoms with Gasteiger partial charge in [-0.15, -0.1) is 0 Å². The van der Waals surface area contributed by atoms with Gasteiger partial charge >= 0.3 is 0 Å². The Morgan fingerprint density at radius 2 is 2.00 bits per heavy atom. The molecule has 2 aliphatic rings. The van der Waals surface area contributed by atoms with Crippen LogP contribution in [0.2, 0.25) is 0 Å². The average Bonchev–Trinajstić information content (AvgIpc) is 2.93. The van der Waals surface area contributed by atoms with Crippen molar-refractivity contribution in [1.29, 1.82) is 0 Å². The minimum atomic E-state index is -2.40. The summed E-state index contributed by atoms with van der Waals surface area (Å²) in [5.41, 5.74) is 4.73. The summed E-state index contributed by atoms with van der Waals surface area (Å²) in [6.07, 6.45) is -2.40. The highest BCUT2D eigenvalue weighted by atomic mass is 32.4. The number of anilines is 2. The maximum Gasteiger partial charge on any atom is 0.208 e. The van der Waals surface area contributed by atoms with Gasteiger partial charge < -0.3 is 14.3 Å². The molecule has 2 aliphatic heterocycles. The zero-order valence-corrected chi connectivity index (χ0v) is 15.1. The zero-order chi connectivity index (χ0) is 16.2. The standard InChI is InChI=1S/C17H18N3OPS/c1-19(2)13-8-9-16-15(10-13)20-11-12-6-4-5-7-14(12)17(20)18-22(16,23)21-3/h4-10H,11H2,1-3H3. The van der Waals surface area contributed by atoms with Crippen molar-refractivity contribution in [3.05, 3.63) is 53.6 Å². The first-order chi connectivity index (χ1) is 11.0. The van der Waals surface area contributed by atoms with Crippen LogP contribution in [-0.2, 0) is 22.9 Å². The molecule has 0 aliphatic carbocycles. The molecule has 23 heavy (non-hydrogen) atoms. The van der Waals surface area contributed by atoms with Gasteiger partial charge in [0, 0.05) is 32.5 Å². The van der Waals surface area contributed by atoms with E-state index < -0.39 is 6.42 Å². The predicted octanol–water partition coefficient (Wildman–Crippen LogP) is 3.11. The van der Waals surface area contributed by atoms with Gasteiger partial charge in [0.05, 0.1) is 17.5 Å². The Hall–Kier alpha value is -1.68. The normalized spacial score (nSPS) is 21.3. The van der Waals surface area contributed by atoms with Gasteiger partial charge in [0.15, 0.2) is 0 Å². The zero-order valence-electron chi connectivity index (χ0n) is 13.4. The van der Waals surface area contributed by atoms with E-state index >= 15 is 0 Å². The second-order valence-electron chi connectivity index (χ2n) is 5.94. The van der Waals surface area contributed by atoms with Crippen LogP contribution in [0.25, 0.3) is 0 Å². The minimum absolute atomic E-state index is 0.831. The van der Waals surface area contributed by atoms with Crippen molar-refractivity contribution < 1.29 is 4.52 Å². The fourth-order valence-electron chi connectivity index (χ4n) is 3.14. The van der Waals surface area contributed by atoms with E-state index in [1.165, 1.54) is 11.1 Å². The molecule has 0 N–H and O–H groups in total. The summed E-state index contributed by atoms with van der Waals surface area (Å²) in [6.45, 7) is 0.831. The molecule has 0 radical (unpaired) electrons. The summed E-state index contributed by atoms with van der Waals surface area (Å²) in [5.74, 6) is 0.953. The van der Waals surface area contributed by atoms with Crippen LogP contribution >= 0.6 is 6.42 Å². The van der Waals surface area contributed by atoms with Crippen molar-refractivity contribution in [3.8, 4) is 0 Å². The Morgan fingerprint density at radius 3 is 2.74 bits per heavy atom. The molecule has 2 aromatic carbocycles. The maximum absolute atomic E-state index is 5.83. The van der Waals surface area contributed by atoms with Crippen molar-refractivity contribution >= 4 is 40.7 Å². The number of benzene rings is 2. The van der Waals surface area contributed by atoms with Crippen molar-refractivity contribution in [1.82, 2.24) is 0 Å². The molecule has 4 nitrogen and oxygen atoms in total. The van der Waals surface area contributed by atoms with Crippen molar-refractivity contribution in [2.75, 3.05) is 31.0 Å². The van der Waals surface area contributed by atoms with Gasteiger partial charge in [-0.1, -0.05) is 24.3 Å². The quantitative estimate of drug-likeness (QED) is 0.784. The summed E-state index contributed by atoms with van der Waals surface area (Å²) < 4.78 is 10.6. The van der Waals surface area contributed by atoms with Crippen LogP contribution in [0, 0.1) is 0 Å². The van der Waals surface area contributed by atoms with Gasteiger partial charge in [-0.3, -0.25) is 0 Å². The van der Waals surface area contributed by atoms with Crippen LogP contribution in [-0.4, -0.2) is 27.0 Å². The summed E-state index contributed by atoms with van der Waals surface area (Å²) in [7, 11) is 5.76. The van der Waals surface area contributed by atoms with E-state index in [0.717, 1.165) is 29.1 Å². The Bertz CT molecular complexity index is 878. The van der Waals surface area contributed by atoms with Gasteiger partial charge in [-0.25, -0.2) is 4.76 Å². The molecule has 0 saturated heterocycles. The Balaban J connectivity index is 1.96. The first kappa shape index (κ1) is 14.9. The molecule has 118 valence electrons. The fourth-order valence-corrected chi connectivity index (χ4v) is 5.42. The monoisotopic (exact) mass is 343 g/mol. The molecule has 4 rings (SSSR count). The van der Waals surface area contributed by atoms with Gasteiger partial charge in [0.2, 0.25) is 6.42 Å². The molecule has 1 unspecified atom stereocenters. The highest BCUT2D eigenvalue weighted by Crippen LogP contribution is 2.54. The molecule has 2 aromatic rings. The van der Waals surface area contributed by atoms with Crippen LogP contribution in [0.15, 0.2) is 47.2 Å². The second-order valence-corrected chi connectivity index (χ2v) is 9.51. The molecule has 2 heterocycles. The van der Waals surface area contributed by atoms with Crippen LogP contribution < -0.4 is 15.1 Å². The topological polar surface area (TPSA) is 28.1 Å². The summed E-state index contributed by atoms with van der Waals surface area (Å²) in [6, 6.07) is 14.7. The molecule has 0 saturated carbocycles. The van der Waals surface area contributed by atoms with Crippen molar-refractivity contribution in [2.45, 2.75) is 6.54 Å². The van der Waals surface area contributed by atoms with E-state index in [1.807, 2.05) is 20.2 Å². The van der Waals surface area contributed by atoms with Crippen LogP contribution in [0.5, 0.6) is 0 Å². The number of hydrogen-bond acceptors (Lipinski definition) is 4. The predicted molar refractivity (Wildman–Crippen MR) is 101 cm³/mol. The lowest BCUT2D eigenvalue weighted by molar-refractivity contribution is 0.466. The smallest absolute Gasteiger partial charge is 0.208 e. The minimum Gasteiger partial charge on any atom is -0.378 e. The molecule has 1 atom stereocenters. The van der Waals surface area contributed by atoms with Gasteiger partial charge in [-0.05, 0) is 35.6 Å². The number of fused-ring (bicyclic) bond motifs is 5. The lowest BCUT2D eigenvalue weighted by atomic mass is 10.1. The summed E-state index contributed by atoms with van der Waals surface area (Å²) in [5, 5.41) is 1.04. The van der Waals surface area contributed by atoms with Gasteiger partial charge in [0.1, 0.15) is 5.84 Å². The lowest BCUT2D eigenvalue weighted by Crippen LogP contribution is -2.33. The maximum atomic E-state index is 5.83. The van der Waals surface area contributed by atoms with Crippen LogP contribution in [0.4, 0.5) is 11.4 Å². The third-order valence-corrected chi connectivity index (χ3v) is 7.60. The van der Waals surface area contributed by atoms with E-state index in [4.69, 9.17) is 21.1 Å². The molecular formula is C17H18N3OPS. The highest BCUT2D eigenvalue weighted by molar-refractivity contribution is 8.15. The SMILES string of the molecule is COP1(=S)N=C2c3ccccc3CN2c2cc(N(C)C)ccc21. The van der Waals surface area contributed by atoms with E-state index in [-0.39, 0.29) is 0 Å². The number of rotatable bonds is 2. The lowest BCUT2D eigenvalue weighted by Gasteiger charge is -2.32. The molecule has 0 bridgehead atoms. The Labute approximate surface area is 141 Å². The van der Waals surface area contributed by atoms with Crippen molar-refractivity contribution in [2.24, 2.45) is 4.76 Å². The fraction of sp³-hybridized carbons (Fsp3) is 0.235. The first-order valence-corrected chi connectivity index (χ1v) is 10.1. The number of amidine groups is 1. The Morgan fingerprint density at radius 1 is 1.22 bits per heavy atom. The molecule has 0 spiro atoms. The third-order valence-electron chi connectivity index (χ3n) is 4.39. The van der Waals surface area contributed by atoms with E-state index in [0.29, 0.717) is 0 Å². The number of hydrogen-bond donors (Lipinski definition) is 0. The second kappa shape index (κ2) is 5.17. The first-order valence-electron chi connectivity index (χ1n) is 7.47.